The molecule has 10 heteroatoms. The van der Waals surface area contributed by atoms with E-state index in [2.05, 4.69) is 46.6 Å². The summed E-state index contributed by atoms with van der Waals surface area (Å²) in [6.07, 6.45) is 4.94. The van der Waals surface area contributed by atoms with Crippen LogP contribution in [0, 0.1) is 17.8 Å². The minimum Gasteiger partial charge on any atom is -0.361 e. The van der Waals surface area contributed by atoms with E-state index in [-0.39, 0.29) is 35.6 Å². The van der Waals surface area contributed by atoms with Crippen molar-refractivity contribution in [2.24, 2.45) is 17.8 Å². The maximum atomic E-state index is 14.3. The number of piperidine rings is 1. The number of benzene rings is 1. The van der Waals surface area contributed by atoms with Crippen molar-refractivity contribution in [3.8, 4) is 0 Å². The minimum atomic E-state index is -1.99. The fourth-order valence-electron chi connectivity index (χ4n) is 8.50. The molecule has 1 aromatic heterocycles. The van der Waals surface area contributed by atoms with Gasteiger partial charge in [0.05, 0.1) is 5.92 Å². The Morgan fingerprint density at radius 2 is 2.00 bits per heavy atom. The van der Waals surface area contributed by atoms with E-state index in [1.807, 2.05) is 27.7 Å². The number of amides is 3. The van der Waals surface area contributed by atoms with Crippen LogP contribution in [0.25, 0.3) is 10.9 Å². The Balaban J connectivity index is 1.21. The highest BCUT2D eigenvalue weighted by molar-refractivity contribution is 5.98. The quantitative estimate of drug-likeness (QED) is 0.525. The molecule has 2 aromatic rings. The third kappa shape index (κ3) is 3.56. The molecule has 4 saturated heterocycles. The van der Waals surface area contributed by atoms with Gasteiger partial charge in [-0.2, -0.15) is 0 Å². The van der Waals surface area contributed by atoms with Crippen molar-refractivity contribution in [1.29, 1.82) is 0 Å². The maximum Gasteiger partial charge on any atom is 0.281 e. The number of hydrogen-bond donors (Lipinski definition) is 3. The van der Waals surface area contributed by atoms with Crippen LogP contribution >= 0.6 is 0 Å². The number of aromatic nitrogens is 1. The number of carbonyl (C=O) groups excluding carboxylic acids is 3. The molecular formula is C31H41N5O5. The number of aliphatic hydroxyl groups is 1. The molecule has 5 aliphatic rings. The summed E-state index contributed by atoms with van der Waals surface area (Å²) in [6.45, 7) is 8.45. The molecule has 0 spiro atoms. The van der Waals surface area contributed by atoms with Crippen LogP contribution < -0.4 is 5.32 Å². The smallest absolute Gasteiger partial charge is 0.281 e. The van der Waals surface area contributed by atoms with Crippen molar-refractivity contribution in [2.75, 3.05) is 20.1 Å². The summed E-state index contributed by atoms with van der Waals surface area (Å²) in [7, 11) is 2.07. The number of hydrogen-bond acceptors (Lipinski definition) is 6. The van der Waals surface area contributed by atoms with Gasteiger partial charge in [0, 0.05) is 48.1 Å². The highest BCUT2D eigenvalue weighted by atomic mass is 16.7. The molecule has 220 valence electrons. The Morgan fingerprint density at radius 1 is 1.22 bits per heavy atom. The molecule has 0 bridgehead atoms. The van der Waals surface area contributed by atoms with Crippen molar-refractivity contribution in [1.82, 2.24) is 25.0 Å². The maximum absolute atomic E-state index is 14.3. The molecule has 5 heterocycles. The lowest BCUT2D eigenvalue weighted by atomic mass is 9.72. The third-order valence-corrected chi connectivity index (χ3v) is 10.5. The number of piperazine rings is 1. The second kappa shape index (κ2) is 9.02. The van der Waals surface area contributed by atoms with E-state index in [1.165, 1.54) is 21.4 Å². The van der Waals surface area contributed by atoms with Gasteiger partial charge >= 0.3 is 0 Å². The van der Waals surface area contributed by atoms with Crippen LogP contribution in [0.3, 0.4) is 0 Å². The van der Waals surface area contributed by atoms with Gasteiger partial charge in [0.15, 0.2) is 0 Å². The lowest BCUT2D eigenvalue weighted by Crippen LogP contribution is -2.72. The first kappa shape index (κ1) is 26.9. The molecular weight excluding hydrogens is 522 g/mol. The van der Waals surface area contributed by atoms with Gasteiger partial charge in [0.25, 0.3) is 11.8 Å². The van der Waals surface area contributed by atoms with E-state index in [0.29, 0.717) is 25.9 Å². The van der Waals surface area contributed by atoms with Crippen LogP contribution in [0.4, 0.5) is 0 Å². The SMILES string of the molecule is CC(C)[C@H]1C(=O)N2CCC[C@H]2[C@@]2(O)O[C@](NC(=O)[C@@H]3C[C@@H]4c5cccc6[nH]cc(c56)C[C@H]4N(C)C3)(C(C)C)C(=O)N12. The normalized spacial score (nSPS) is 36.7. The van der Waals surface area contributed by atoms with Gasteiger partial charge < -0.3 is 25.2 Å². The van der Waals surface area contributed by atoms with Crippen molar-refractivity contribution in [3.05, 3.63) is 35.5 Å². The molecule has 7 atom stereocenters. The zero-order valence-electron chi connectivity index (χ0n) is 24.5. The van der Waals surface area contributed by atoms with E-state index < -0.39 is 35.5 Å². The first-order chi connectivity index (χ1) is 19.5. The van der Waals surface area contributed by atoms with E-state index >= 15 is 0 Å². The average molecular weight is 564 g/mol. The summed E-state index contributed by atoms with van der Waals surface area (Å²) in [5.41, 5.74) is 1.93. The monoisotopic (exact) mass is 563 g/mol. The molecule has 4 aliphatic heterocycles. The van der Waals surface area contributed by atoms with Gasteiger partial charge in [-0.15, -0.1) is 0 Å². The molecule has 1 aromatic carbocycles. The molecule has 0 saturated carbocycles. The molecule has 0 unspecified atom stereocenters. The van der Waals surface area contributed by atoms with E-state index in [9.17, 15) is 19.5 Å². The Hall–Kier alpha value is -2.95. The van der Waals surface area contributed by atoms with Gasteiger partial charge in [-0.05, 0) is 55.8 Å². The van der Waals surface area contributed by atoms with Crippen LogP contribution in [-0.4, -0.2) is 92.4 Å². The molecule has 7 rings (SSSR count). The standard InChI is InChI=1S/C31H41N5O5/c1-16(2)26-28(38)35-11-7-10-24(35)31(40)36(26)29(39)30(41-31,17(3)4)33-27(37)19-12-21-20-8-6-9-22-25(20)18(14-32-22)13-23(21)34(5)15-19/h6,8-9,14,16-17,19,21,23-24,26,32,40H,7,10-13,15H2,1-5H3,(H,33,37)/t19-,21-,23-,24+,26+,30-,31-/m1/s1. The molecule has 3 N–H and O–H groups in total. The number of aromatic amines is 1. The van der Waals surface area contributed by atoms with Crippen LogP contribution in [-0.2, 0) is 25.5 Å². The van der Waals surface area contributed by atoms with Gasteiger partial charge in [0.1, 0.15) is 12.1 Å². The number of rotatable bonds is 4. The average Bonchev–Trinajstić information content (AvgIpc) is 3.64. The lowest BCUT2D eigenvalue weighted by Gasteiger charge is -2.49. The van der Waals surface area contributed by atoms with Gasteiger partial charge in [0.2, 0.25) is 17.5 Å². The van der Waals surface area contributed by atoms with Crippen LogP contribution in [0.1, 0.15) is 64.0 Å². The van der Waals surface area contributed by atoms with Crippen LogP contribution in [0.15, 0.2) is 24.4 Å². The largest absolute Gasteiger partial charge is 0.361 e. The number of ether oxygens (including phenoxy) is 1. The Labute approximate surface area is 240 Å². The Bertz CT molecular complexity index is 1440. The van der Waals surface area contributed by atoms with Crippen LogP contribution in [0.5, 0.6) is 0 Å². The number of H-pyrrole nitrogens is 1. The number of fused-ring (bicyclic) bond motifs is 5. The number of nitrogens with one attached hydrogen (secondary N) is 2. The zero-order valence-corrected chi connectivity index (χ0v) is 24.5. The molecule has 3 amide bonds. The zero-order chi connectivity index (χ0) is 29.0. The Morgan fingerprint density at radius 3 is 2.73 bits per heavy atom. The minimum absolute atomic E-state index is 0.162. The highest BCUT2D eigenvalue weighted by Gasteiger charge is 2.72. The number of likely N-dealkylation sites (N-methyl/N-ethyl adjacent to an activating group) is 1. The van der Waals surface area contributed by atoms with Gasteiger partial charge in [-0.3, -0.25) is 24.0 Å². The summed E-state index contributed by atoms with van der Waals surface area (Å²) in [5.74, 6) is -3.87. The second-order valence-electron chi connectivity index (χ2n) is 13.5. The molecule has 10 nitrogen and oxygen atoms in total. The van der Waals surface area contributed by atoms with E-state index in [1.54, 1.807) is 4.90 Å². The van der Waals surface area contributed by atoms with Gasteiger partial charge in [-0.1, -0.05) is 39.8 Å². The fourth-order valence-corrected chi connectivity index (χ4v) is 8.50. The predicted octanol–water partition coefficient (Wildman–Crippen LogP) is 2.13. The number of carbonyl (C=O) groups is 3. The first-order valence-corrected chi connectivity index (χ1v) is 15.2. The molecule has 1 aliphatic carbocycles. The van der Waals surface area contributed by atoms with Crippen molar-refractivity contribution >= 4 is 28.6 Å². The number of likely N-dealkylation sites (tertiary alicyclic amines) is 1. The summed E-state index contributed by atoms with van der Waals surface area (Å²) < 4.78 is 6.42. The summed E-state index contributed by atoms with van der Waals surface area (Å²) in [5, 5.41) is 16.4. The lowest BCUT2D eigenvalue weighted by molar-refractivity contribution is -0.323. The van der Waals surface area contributed by atoms with Crippen LogP contribution in [0.2, 0.25) is 0 Å². The summed E-state index contributed by atoms with van der Waals surface area (Å²) in [4.78, 5) is 50.6. The van der Waals surface area contributed by atoms with E-state index in [4.69, 9.17) is 4.74 Å². The molecule has 0 radical (unpaired) electrons. The topological polar surface area (TPSA) is 118 Å². The summed E-state index contributed by atoms with van der Waals surface area (Å²) >= 11 is 0. The Kier molecular flexibility index (Phi) is 5.92. The van der Waals surface area contributed by atoms with Crippen molar-refractivity contribution in [3.63, 3.8) is 0 Å². The first-order valence-electron chi connectivity index (χ1n) is 15.2. The molecule has 41 heavy (non-hydrogen) atoms. The third-order valence-electron chi connectivity index (χ3n) is 10.5. The summed E-state index contributed by atoms with van der Waals surface area (Å²) in [6, 6.07) is 5.10. The van der Waals surface area contributed by atoms with Crippen molar-refractivity contribution < 1.29 is 24.2 Å². The van der Waals surface area contributed by atoms with E-state index in [0.717, 1.165) is 18.4 Å². The second-order valence-corrected chi connectivity index (χ2v) is 13.5. The highest BCUT2D eigenvalue weighted by Crippen LogP contribution is 2.49. The van der Waals surface area contributed by atoms with Crippen molar-refractivity contribution in [2.45, 2.75) is 89.1 Å². The predicted molar refractivity (Wildman–Crippen MR) is 151 cm³/mol. The number of nitrogens with zero attached hydrogens (tertiary/aromatic N) is 3. The van der Waals surface area contributed by atoms with Gasteiger partial charge in [-0.25, -0.2) is 0 Å². The molecule has 4 fully saturated rings. The fraction of sp³-hybridized carbons (Fsp3) is 0.645.